The minimum absolute atomic E-state index is 0.0874. The molecule has 0 aliphatic carbocycles. The molecule has 4 rings (SSSR count). The van der Waals surface area contributed by atoms with Crippen LogP contribution in [0.4, 0.5) is 5.69 Å². The van der Waals surface area contributed by atoms with Crippen molar-refractivity contribution in [3.63, 3.8) is 0 Å². The third-order valence-electron chi connectivity index (χ3n) is 6.34. The van der Waals surface area contributed by atoms with E-state index in [9.17, 15) is 18.0 Å². The van der Waals surface area contributed by atoms with E-state index < -0.39 is 10.0 Å². The van der Waals surface area contributed by atoms with Crippen LogP contribution in [0.15, 0.2) is 47.4 Å². The Labute approximate surface area is 195 Å². The van der Waals surface area contributed by atoms with Crippen molar-refractivity contribution >= 4 is 27.5 Å². The van der Waals surface area contributed by atoms with Gasteiger partial charge in [-0.2, -0.15) is 4.31 Å². The molecular formula is C25H31N3O4S. The number of amides is 2. The lowest BCUT2D eigenvalue weighted by Crippen LogP contribution is -2.40. The van der Waals surface area contributed by atoms with Gasteiger partial charge in [-0.15, -0.1) is 0 Å². The second kappa shape index (κ2) is 10.1. The minimum Gasteiger partial charge on any atom is -0.350 e. The van der Waals surface area contributed by atoms with Crippen molar-refractivity contribution in [2.75, 3.05) is 24.5 Å². The van der Waals surface area contributed by atoms with Gasteiger partial charge in [-0.05, 0) is 61.9 Å². The number of nitrogens with one attached hydrogen (secondary N) is 1. The summed E-state index contributed by atoms with van der Waals surface area (Å²) in [4.78, 5) is 27.2. The number of carbonyl (C=O) groups excluding carboxylic acids is 2. The maximum Gasteiger partial charge on any atom is 0.243 e. The number of rotatable bonds is 6. The molecular weight excluding hydrogens is 438 g/mol. The zero-order valence-electron chi connectivity index (χ0n) is 19.0. The molecule has 1 fully saturated rings. The summed E-state index contributed by atoms with van der Waals surface area (Å²) >= 11 is 0. The first-order valence-corrected chi connectivity index (χ1v) is 13.0. The van der Waals surface area contributed by atoms with Crippen LogP contribution in [0.3, 0.4) is 0 Å². The Balaban J connectivity index is 1.51. The van der Waals surface area contributed by atoms with Gasteiger partial charge >= 0.3 is 0 Å². The Morgan fingerprint density at radius 1 is 0.970 bits per heavy atom. The van der Waals surface area contributed by atoms with Gasteiger partial charge < -0.3 is 10.2 Å². The van der Waals surface area contributed by atoms with Gasteiger partial charge in [0.1, 0.15) is 6.54 Å². The van der Waals surface area contributed by atoms with Crippen LogP contribution in [-0.2, 0) is 32.6 Å². The molecule has 2 aromatic carbocycles. The highest BCUT2D eigenvalue weighted by molar-refractivity contribution is 7.89. The number of aryl methyl sites for hydroxylation is 2. The smallest absolute Gasteiger partial charge is 0.243 e. The van der Waals surface area contributed by atoms with Gasteiger partial charge in [-0.25, -0.2) is 8.42 Å². The van der Waals surface area contributed by atoms with Crippen molar-refractivity contribution in [1.82, 2.24) is 9.62 Å². The lowest BCUT2D eigenvalue weighted by molar-refractivity contribution is -0.123. The average molecular weight is 470 g/mol. The number of anilines is 1. The molecule has 1 N–H and O–H groups in total. The van der Waals surface area contributed by atoms with Crippen molar-refractivity contribution in [1.29, 1.82) is 0 Å². The van der Waals surface area contributed by atoms with E-state index in [0.29, 0.717) is 44.6 Å². The number of nitrogens with zero attached hydrogens (tertiary/aromatic N) is 2. The molecule has 2 heterocycles. The van der Waals surface area contributed by atoms with Crippen LogP contribution in [0.1, 0.15) is 48.8 Å². The van der Waals surface area contributed by atoms with E-state index in [0.717, 1.165) is 36.0 Å². The van der Waals surface area contributed by atoms with Gasteiger partial charge in [0.05, 0.1) is 4.90 Å². The molecule has 176 valence electrons. The fraction of sp³-hybridized carbons (Fsp3) is 0.440. The largest absolute Gasteiger partial charge is 0.350 e. The van der Waals surface area contributed by atoms with Crippen molar-refractivity contribution < 1.29 is 18.0 Å². The zero-order chi connectivity index (χ0) is 23.4. The topological polar surface area (TPSA) is 86.8 Å². The Kier molecular flexibility index (Phi) is 7.14. The summed E-state index contributed by atoms with van der Waals surface area (Å²) in [6.07, 6.45) is 4.37. The van der Waals surface area contributed by atoms with Gasteiger partial charge in [0.15, 0.2) is 0 Å². The summed E-state index contributed by atoms with van der Waals surface area (Å²) in [5, 5.41) is 2.88. The van der Waals surface area contributed by atoms with E-state index in [1.807, 2.05) is 31.2 Å². The summed E-state index contributed by atoms with van der Waals surface area (Å²) in [6.45, 7) is 3.40. The average Bonchev–Trinajstić information content (AvgIpc) is 2.97. The molecule has 7 nitrogen and oxygen atoms in total. The molecule has 0 atom stereocenters. The maximum absolute atomic E-state index is 13.1. The Morgan fingerprint density at radius 3 is 2.42 bits per heavy atom. The van der Waals surface area contributed by atoms with Crippen LogP contribution in [0.25, 0.3) is 0 Å². The summed E-state index contributed by atoms with van der Waals surface area (Å²) in [7, 11) is -3.55. The van der Waals surface area contributed by atoms with Crippen molar-refractivity contribution in [2.45, 2.75) is 56.9 Å². The number of benzene rings is 2. The Hall–Kier alpha value is -2.71. The molecule has 2 aromatic rings. The molecule has 1 saturated heterocycles. The normalized spacial score (nSPS) is 17.4. The van der Waals surface area contributed by atoms with Gasteiger partial charge in [-0.1, -0.05) is 36.2 Å². The van der Waals surface area contributed by atoms with Crippen molar-refractivity contribution in [3.05, 3.63) is 59.2 Å². The van der Waals surface area contributed by atoms with Crippen molar-refractivity contribution in [3.8, 4) is 0 Å². The molecule has 8 heteroatoms. The Bertz CT molecular complexity index is 1120. The number of hydrogen-bond acceptors (Lipinski definition) is 4. The first-order chi connectivity index (χ1) is 15.8. The van der Waals surface area contributed by atoms with Crippen LogP contribution >= 0.6 is 0 Å². The number of carbonyl (C=O) groups is 2. The van der Waals surface area contributed by atoms with Crippen LogP contribution in [0.2, 0.25) is 0 Å². The molecule has 0 bridgehead atoms. The monoisotopic (exact) mass is 469 g/mol. The molecule has 0 unspecified atom stereocenters. The zero-order valence-corrected chi connectivity index (χ0v) is 19.9. The number of fused-ring (bicyclic) bond motifs is 1. The SMILES string of the molecule is Cc1ccc(CNC(=O)CN2C(=O)CCCc3cc(S(=O)(=O)N4CCCCC4)ccc32)cc1. The number of hydrogen-bond donors (Lipinski definition) is 1. The third kappa shape index (κ3) is 5.45. The highest BCUT2D eigenvalue weighted by Gasteiger charge is 2.29. The van der Waals surface area contributed by atoms with E-state index in [1.165, 1.54) is 4.90 Å². The summed E-state index contributed by atoms with van der Waals surface area (Å²) in [5.41, 5.74) is 3.56. The highest BCUT2D eigenvalue weighted by atomic mass is 32.2. The second-order valence-electron chi connectivity index (χ2n) is 8.85. The van der Waals surface area contributed by atoms with Crippen LogP contribution in [0.5, 0.6) is 0 Å². The van der Waals surface area contributed by atoms with Crippen molar-refractivity contribution in [2.24, 2.45) is 0 Å². The predicted octanol–water partition coefficient (Wildman–Crippen LogP) is 3.16. The van der Waals surface area contributed by atoms with Crippen LogP contribution in [-0.4, -0.2) is 44.2 Å². The van der Waals surface area contributed by atoms with Gasteiger partial charge in [-0.3, -0.25) is 9.59 Å². The van der Waals surface area contributed by atoms with Gasteiger partial charge in [0.2, 0.25) is 21.8 Å². The van der Waals surface area contributed by atoms with Crippen LogP contribution < -0.4 is 10.2 Å². The molecule has 2 aliphatic rings. The summed E-state index contributed by atoms with van der Waals surface area (Å²) in [6, 6.07) is 12.9. The molecule has 0 saturated carbocycles. The van der Waals surface area contributed by atoms with E-state index in [4.69, 9.17) is 0 Å². The molecule has 0 radical (unpaired) electrons. The lowest BCUT2D eigenvalue weighted by Gasteiger charge is -2.27. The fourth-order valence-electron chi connectivity index (χ4n) is 4.42. The lowest BCUT2D eigenvalue weighted by atomic mass is 10.1. The standard InChI is InChI=1S/C25H31N3O4S/c1-19-8-10-20(11-9-19)17-26-24(29)18-28-23-13-12-22(16-21(23)6-5-7-25(28)30)33(31,32)27-14-3-2-4-15-27/h8-13,16H,2-7,14-15,17-18H2,1H3,(H,26,29). The first kappa shape index (κ1) is 23.4. The van der Waals surface area contributed by atoms with E-state index in [1.54, 1.807) is 22.5 Å². The Morgan fingerprint density at radius 2 is 1.70 bits per heavy atom. The van der Waals surface area contributed by atoms with Gasteiger partial charge in [0.25, 0.3) is 0 Å². The maximum atomic E-state index is 13.1. The van der Waals surface area contributed by atoms with E-state index in [2.05, 4.69) is 5.32 Å². The molecule has 0 spiro atoms. The molecule has 33 heavy (non-hydrogen) atoms. The fourth-order valence-corrected chi connectivity index (χ4v) is 5.99. The predicted molar refractivity (Wildman–Crippen MR) is 127 cm³/mol. The second-order valence-corrected chi connectivity index (χ2v) is 10.8. The third-order valence-corrected chi connectivity index (χ3v) is 8.24. The number of sulfonamides is 1. The highest BCUT2D eigenvalue weighted by Crippen LogP contribution is 2.31. The molecule has 2 aliphatic heterocycles. The first-order valence-electron chi connectivity index (χ1n) is 11.6. The van der Waals surface area contributed by atoms with Gasteiger partial charge in [0, 0.05) is 31.7 Å². The molecule has 2 amide bonds. The van der Waals surface area contributed by atoms with Crippen LogP contribution in [0, 0.1) is 6.92 Å². The summed E-state index contributed by atoms with van der Waals surface area (Å²) in [5.74, 6) is -0.368. The van der Waals surface area contributed by atoms with E-state index in [-0.39, 0.29) is 23.3 Å². The quantitative estimate of drug-likeness (QED) is 0.704. The van der Waals surface area contributed by atoms with E-state index >= 15 is 0 Å². The summed E-state index contributed by atoms with van der Waals surface area (Å²) < 4.78 is 27.8. The minimum atomic E-state index is -3.55. The number of piperidine rings is 1. The molecule has 0 aromatic heterocycles.